The standard InChI is InChI=1S/C17H26N4O3/c1-10(2)9-21-17(23)15(12(4)19-21)16(22)18-8-6-7-14-11(3)20-24-13(14)5/h10,15H,6-9H2,1-5H3,(H,18,22)/t15-/m1/s1. The fourth-order valence-corrected chi connectivity index (χ4v) is 2.84. The van der Waals surface area contributed by atoms with E-state index < -0.39 is 5.92 Å². The lowest BCUT2D eigenvalue weighted by Crippen LogP contribution is -2.41. The van der Waals surface area contributed by atoms with Crippen LogP contribution in [0.25, 0.3) is 0 Å². The molecule has 1 N–H and O–H groups in total. The maximum Gasteiger partial charge on any atom is 0.261 e. The summed E-state index contributed by atoms with van der Waals surface area (Å²) in [5, 5.41) is 12.4. The Labute approximate surface area is 142 Å². The highest BCUT2D eigenvalue weighted by Gasteiger charge is 2.38. The van der Waals surface area contributed by atoms with Gasteiger partial charge < -0.3 is 9.84 Å². The summed E-state index contributed by atoms with van der Waals surface area (Å²) in [5.74, 6) is -0.169. The van der Waals surface area contributed by atoms with Gasteiger partial charge in [-0.15, -0.1) is 0 Å². The monoisotopic (exact) mass is 334 g/mol. The van der Waals surface area contributed by atoms with E-state index in [9.17, 15) is 9.59 Å². The van der Waals surface area contributed by atoms with Crippen molar-refractivity contribution < 1.29 is 14.1 Å². The molecule has 24 heavy (non-hydrogen) atoms. The minimum Gasteiger partial charge on any atom is -0.361 e. The number of hydrogen-bond acceptors (Lipinski definition) is 5. The van der Waals surface area contributed by atoms with E-state index in [4.69, 9.17) is 4.52 Å². The second-order valence-electron chi connectivity index (χ2n) is 6.69. The highest BCUT2D eigenvalue weighted by molar-refractivity contribution is 6.21. The zero-order valence-electron chi connectivity index (χ0n) is 15.0. The third-order valence-corrected chi connectivity index (χ3v) is 4.08. The van der Waals surface area contributed by atoms with Crippen molar-refractivity contribution in [2.45, 2.75) is 47.5 Å². The van der Waals surface area contributed by atoms with Crippen molar-refractivity contribution in [1.29, 1.82) is 0 Å². The molecule has 2 amide bonds. The van der Waals surface area contributed by atoms with Crippen LogP contribution in [-0.4, -0.2) is 40.8 Å². The van der Waals surface area contributed by atoms with Crippen LogP contribution >= 0.6 is 0 Å². The van der Waals surface area contributed by atoms with Crippen LogP contribution in [-0.2, 0) is 16.0 Å². The van der Waals surface area contributed by atoms with E-state index in [0.717, 1.165) is 29.9 Å². The maximum atomic E-state index is 12.3. The highest BCUT2D eigenvalue weighted by atomic mass is 16.5. The van der Waals surface area contributed by atoms with Crippen LogP contribution < -0.4 is 5.32 Å². The van der Waals surface area contributed by atoms with E-state index in [1.807, 2.05) is 27.7 Å². The molecule has 0 bridgehead atoms. The number of hydrazone groups is 1. The summed E-state index contributed by atoms with van der Waals surface area (Å²) in [6.45, 7) is 10.6. The number of hydrogen-bond donors (Lipinski definition) is 1. The summed E-state index contributed by atoms with van der Waals surface area (Å²) in [6, 6.07) is 0. The van der Waals surface area contributed by atoms with E-state index in [2.05, 4.69) is 15.6 Å². The first kappa shape index (κ1) is 18.2. The number of amides is 2. The Morgan fingerprint density at radius 2 is 2.04 bits per heavy atom. The van der Waals surface area contributed by atoms with Crippen molar-refractivity contribution in [1.82, 2.24) is 15.5 Å². The summed E-state index contributed by atoms with van der Waals surface area (Å²) >= 11 is 0. The highest BCUT2D eigenvalue weighted by Crippen LogP contribution is 2.18. The van der Waals surface area contributed by atoms with E-state index in [0.29, 0.717) is 24.7 Å². The Balaban J connectivity index is 1.83. The van der Waals surface area contributed by atoms with Crippen molar-refractivity contribution >= 4 is 17.5 Å². The molecule has 0 aromatic carbocycles. The summed E-state index contributed by atoms with van der Waals surface area (Å²) in [4.78, 5) is 24.7. The van der Waals surface area contributed by atoms with Gasteiger partial charge in [0.1, 0.15) is 5.76 Å². The lowest BCUT2D eigenvalue weighted by molar-refractivity contribution is -0.137. The normalized spacial score (nSPS) is 17.6. The van der Waals surface area contributed by atoms with E-state index in [1.165, 1.54) is 5.01 Å². The SMILES string of the molecule is CC1=NN(CC(C)C)C(=O)[C@H]1C(=O)NCCCc1c(C)noc1C. The Hall–Kier alpha value is -2.18. The van der Waals surface area contributed by atoms with Gasteiger partial charge in [0.25, 0.3) is 5.91 Å². The minimum absolute atomic E-state index is 0.232. The molecule has 1 aromatic rings. The molecular weight excluding hydrogens is 308 g/mol. The van der Waals surface area contributed by atoms with Gasteiger partial charge in [-0.3, -0.25) is 9.59 Å². The number of carbonyl (C=O) groups excluding carboxylic acids is 2. The predicted molar refractivity (Wildman–Crippen MR) is 90.5 cm³/mol. The van der Waals surface area contributed by atoms with Gasteiger partial charge in [0, 0.05) is 18.7 Å². The average Bonchev–Trinajstić information content (AvgIpc) is 2.95. The molecule has 1 aliphatic rings. The molecule has 0 saturated carbocycles. The maximum absolute atomic E-state index is 12.3. The molecule has 7 heteroatoms. The smallest absolute Gasteiger partial charge is 0.261 e. The van der Waals surface area contributed by atoms with Gasteiger partial charge in [-0.05, 0) is 39.5 Å². The van der Waals surface area contributed by atoms with Crippen LogP contribution in [0.15, 0.2) is 9.62 Å². The third kappa shape index (κ3) is 4.01. The van der Waals surface area contributed by atoms with Crippen LogP contribution in [0.4, 0.5) is 0 Å². The van der Waals surface area contributed by atoms with Crippen molar-refractivity contribution in [2.75, 3.05) is 13.1 Å². The van der Waals surface area contributed by atoms with Crippen LogP contribution in [0.5, 0.6) is 0 Å². The number of nitrogens with one attached hydrogen (secondary N) is 1. The topological polar surface area (TPSA) is 87.8 Å². The van der Waals surface area contributed by atoms with E-state index in [-0.39, 0.29) is 11.8 Å². The van der Waals surface area contributed by atoms with Gasteiger partial charge in [-0.1, -0.05) is 19.0 Å². The fourth-order valence-electron chi connectivity index (χ4n) is 2.84. The van der Waals surface area contributed by atoms with E-state index in [1.54, 1.807) is 6.92 Å². The molecule has 7 nitrogen and oxygen atoms in total. The molecular formula is C17H26N4O3. The first-order valence-electron chi connectivity index (χ1n) is 8.37. The molecule has 1 aromatic heterocycles. The lowest BCUT2D eigenvalue weighted by Gasteiger charge is -2.16. The van der Waals surface area contributed by atoms with Gasteiger partial charge in [-0.25, -0.2) is 5.01 Å². The quantitative estimate of drug-likeness (QED) is 0.609. The molecule has 0 radical (unpaired) electrons. The van der Waals surface area contributed by atoms with Gasteiger partial charge in [-0.2, -0.15) is 5.10 Å². The number of rotatable bonds is 7. The van der Waals surface area contributed by atoms with E-state index >= 15 is 0 Å². The summed E-state index contributed by atoms with van der Waals surface area (Å²) in [5.41, 5.74) is 2.53. The molecule has 1 atom stereocenters. The average molecular weight is 334 g/mol. The second-order valence-corrected chi connectivity index (χ2v) is 6.69. The second kappa shape index (κ2) is 7.59. The molecule has 0 aliphatic carbocycles. The van der Waals surface area contributed by atoms with Crippen LogP contribution in [0.2, 0.25) is 0 Å². The van der Waals surface area contributed by atoms with Crippen LogP contribution in [0, 0.1) is 25.7 Å². The molecule has 1 aliphatic heterocycles. The Morgan fingerprint density at radius 1 is 1.33 bits per heavy atom. The summed E-state index contributed by atoms with van der Waals surface area (Å²) in [7, 11) is 0. The molecule has 0 spiro atoms. The summed E-state index contributed by atoms with van der Waals surface area (Å²) < 4.78 is 5.12. The molecule has 2 rings (SSSR count). The number of aromatic nitrogens is 1. The van der Waals surface area contributed by atoms with Crippen molar-refractivity contribution in [3.8, 4) is 0 Å². The summed E-state index contributed by atoms with van der Waals surface area (Å²) in [6.07, 6.45) is 1.55. The molecule has 0 saturated heterocycles. The number of carbonyl (C=O) groups is 2. The minimum atomic E-state index is -0.789. The first-order chi connectivity index (χ1) is 11.3. The van der Waals surface area contributed by atoms with Gasteiger partial charge in [0.05, 0.1) is 11.4 Å². The zero-order chi connectivity index (χ0) is 17.9. The van der Waals surface area contributed by atoms with Crippen molar-refractivity contribution in [3.05, 3.63) is 17.0 Å². The Bertz CT molecular complexity index is 629. The molecule has 2 heterocycles. The first-order valence-corrected chi connectivity index (χ1v) is 8.37. The van der Waals surface area contributed by atoms with Gasteiger partial charge >= 0.3 is 0 Å². The Kier molecular flexibility index (Phi) is 5.75. The van der Waals surface area contributed by atoms with Crippen molar-refractivity contribution in [3.63, 3.8) is 0 Å². The van der Waals surface area contributed by atoms with Gasteiger partial charge in [0.2, 0.25) is 5.91 Å². The lowest BCUT2D eigenvalue weighted by atomic mass is 10.0. The Morgan fingerprint density at radius 3 is 2.62 bits per heavy atom. The predicted octanol–water partition coefficient (Wildman–Crippen LogP) is 1.83. The number of nitrogens with zero attached hydrogens (tertiary/aromatic N) is 3. The van der Waals surface area contributed by atoms with Crippen molar-refractivity contribution in [2.24, 2.45) is 16.9 Å². The fraction of sp³-hybridized carbons (Fsp3) is 0.647. The van der Waals surface area contributed by atoms with Crippen LogP contribution in [0.3, 0.4) is 0 Å². The third-order valence-electron chi connectivity index (χ3n) is 4.08. The van der Waals surface area contributed by atoms with Crippen LogP contribution in [0.1, 0.15) is 44.2 Å². The number of aryl methyl sites for hydroxylation is 2. The molecule has 0 unspecified atom stereocenters. The largest absolute Gasteiger partial charge is 0.361 e. The molecule has 132 valence electrons. The van der Waals surface area contributed by atoms with Gasteiger partial charge in [0.15, 0.2) is 5.92 Å². The molecule has 0 fully saturated rings. The zero-order valence-corrected chi connectivity index (χ0v) is 15.0.